The van der Waals surface area contributed by atoms with Gasteiger partial charge in [0.25, 0.3) is 0 Å². The van der Waals surface area contributed by atoms with Gasteiger partial charge in [-0.05, 0) is 0 Å². The number of fused-ring (bicyclic) bond motifs is 1. The van der Waals surface area contributed by atoms with E-state index < -0.39 is 19.5 Å². The van der Waals surface area contributed by atoms with Crippen molar-refractivity contribution >= 4 is 5.97 Å². The Bertz CT molecular complexity index is 547. The summed E-state index contributed by atoms with van der Waals surface area (Å²) in [5.74, 6) is 0.368. The first-order valence-electron chi connectivity index (χ1n) is 10.5. The predicted octanol–water partition coefficient (Wildman–Crippen LogP) is 3.60. The maximum absolute atomic E-state index is 12.4. The number of carbonyl (C=O) groups excluding carboxylic acids is 1. The zero-order valence-corrected chi connectivity index (χ0v) is 18.5. The van der Waals surface area contributed by atoms with Gasteiger partial charge in [0.05, 0.1) is 0 Å². The van der Waals surface area contributed by atoms with Crippen LogP contribution >= 0.6 is 0 Å². The SMILES string of the molecule is C[O-].C[O-].O=C([O][Ti+2][CH]1CCCC2=C1CC1=C2CCCC1)C1CCCCC1. The van der Waals surface area contributed by atoms with Crippen LogP contribution in [0.15, 0.2) is 22.3 Å². The van der Waals surface area contributed by atoms with Crippen molar-refractivity contribution in [2.24, 2.45) is 5.92 Å². The van der Waals surface area contributed by atoms with E-state index >= 15 is 0 Å². The fraction of sp³-hybridized carbons (Fsp3) is 0.773. The second-order valence-electron chi connectivity index (χ2n) is 7.79. The standard InChI is InChI=1S/C13H17.C7H12O2.2CH3O.Ti/c1-3-7-12-10(5-1)9-11-6-2-4-8-13(11)12;8-7(9)6-4-2-1-3-5-6;2*1-2;/h5H,1-4,6-9H2;6H,1-5H2,(H,8,9);2*1H3;/q;;2*-1;+3/p-1. The number of hydrogen-bond acceptors (Lipinski definition) is 4. The van der Waals surface area contributed by atoms with Crippen molar-refractivity contribution in [3.63, 3.8) is 0 Å². The molecule has 4 aliphatic carbocycles. The molecule has 1 atom stereocenters. The summed E-state index contributed by atoms with van der Waals surface area (Å²) in [6, 6.07) is 0. The van der Waals surface area contributed by atoms with E-state index in [0.29, 0.717) is 4.22 Å². The van der Waals surface area contributed by atoms with Crippen molar-refractivity contribution < 1.29 is 37.9 Å². The van der Waals surface area contributed by atoms with Gasteiger partial charge in [-0.25, -0.2) is 0 Å². The third-order valence-corrected chi connectivity index (χ3v) is 8.26. The van der Waals surface area contributed by atoms with Crippen LogP contribution in [-0.2, 0) is 27.7 Å². The van der Waals surface area contributed by atoms with Crippen molar-refractivity contribution in [3.8, 4) is 0 Å². The molecule has 4 aliphatic rings. The van der Waals surface area contributed by atoms with Crippen molar-refractivity contribution in [1.82, 2.24) is 0 Å². The minimum absolute atomic E-state index is 0.146. The Kier molecular flexibility index (Phi) is 10.3. The zero-order valence-electron chi connectivity index (χ0n) is 17.0. The molecule has 1 unspecified atom stereocenters. The molecule has 0 aliphatic heterocycles. The molecule has 0 spiro atoms. The van der Waals surface area contributed by atoms with Gasteiger partial charge in [0, 0.05) is 0 Å². The summed E-state index contributed by atoms with van der Waals surface area (Å²) >= 11 is -0.612. The monoisotopic (exact) mass is 410 g/mol. The molecule has 1 fully saturated rings. The second kappa shape index (κ2) is 12.2. The van der Waals surface area contributed by atoms with Crippen LogP contribution in [0.2, 0.25) is 4.22 Å². The van der Waals surface area contributed by atoms with Crippen molar-refractivity contribution in [1.29, 1.82) is 0 Å². The molecule has 0 amide bonds. The molecule has 4 rings (SSSR count). The Hall–Kier alpha value is -0.416. The Labute approximate surface area is 173 Å². The molecule has 0 saturated heterocycles. The quantitative estimate of drug-likeness (QED) is 0.667. The van der Waals surface area contributed by atoms with E-state index in [2.05, 4.69) is 0 Å². The van der Waals surface area contributed by atoms with E-state index in [1.54, 1.807) is 22.3 Å². The van der Waals surface area contributed by atoms with Crippen molar-refractivity contribution in [3.05, 3.63) is 22.3 Å². The number of carbonyl (C=O) groups is 1. The maximum atomic E-state index is 12.4. The van der Waals surface area contributed by atoms with Crippen molar-refractivity contribution in [2.45, 2.75) is 87.7 Å². The van der Waals surface area contributed by atoms with Crippen LogP contribution in [0.4, 0.5) is 0 Å². The zero-order chi connectivity index (χ0) is 19.6. The van der Waals surface area contributed by atoms with Crippen LogP contribution in [0.1, 0.15) is 83.5 Å². The molecular weight excluding hydrogens is 376 g/mol. The van der Waals surface area contributed by atoms with Crippen LogP contribution < -0.4 is 10.2 Å². The van der Waals surface area contributed by atoms with E-state index in [-0.39, 0.29) is 11.9 Å². The van der Waals surface area contributed by atoms with Crippen LogP contribution in [0.25, 0.3) is 0 Å². The summed E-state index contributed by atoms with van der Waals surface area (Å²) in [5.41, 5.74) is 6.91. The van der Waals surface area contributed by atoms with Gasteiger partial charge in [0.1, 0.15) is 0 Å². The molecule has 0 radical (unpaired) electrons. The predicted molar refractivity (Wildman–Crippen MR) is 99.3 cm³/mol. The Balaban J connectivity index is 0.000000614. The molecule has 1 saturated carbocycles. The molecule has 0 heterocycles. The normalized spacial score (nSPS) is 24.5. The van der Waals surface area contributed by atoms with E-state index in [9.17, 15) is 4.79 Å². The molecule has 5 heteroatoms. The van der Waals surface area contributed by atoms with Gasteiger partial charge in [0.15, 0.2) is 0 Å². The first-order chi connectivity index (χ1) is 13.3. The van der Waals surface area contributed by atoms with E-state index in [4.69, 9.17) is 13.5 Å². The molecule has 0 bridgehead atoms. The summed E-state index contributed by atoms with van der Waals surface area (Å²) in [5, 5.41) is 16.5. The Morgan fingerprint density at radius 3 is 2.26 bits per heavy atom. The van der Waals surface area contributed by atoms with Gasteiger partial charge in [-0.2, -0.15) is 14.2 Å². The van der Waals surface area contributed by atoms with E-state index in [0.717, 1.165) is 27.1 Å². The van der Waals surface area contributed by atoms with Gasteiger partial charge < -0.3 is 10.2 Å². The van der Waals surface area contributed by atoms with Crippen LogP contribution in [0.5, 0.6) is 0 Å². The van der Waals surface area contributed by atoms with E-state index in [1.165, 1.54) is 70.6 Å². The molecule has 4 nitrogen and oxygen atoms in total. The average molecular weight is 410 g/mol. The fourth-order valence-corrected chi connectivity index (χ4v) is 6.86. The molecule has 150 valence electrons. The summed E-state index contributed by atoms with van der Waals surface area (Å²) in [4.78, 5) is 12.4. The van der Waals surface area contributed by atoms with Gasteiger partial charge in [-0.1, -0.05) is 0 Å². The molecular formula is C22H34O4Ti. The molecule has 27 heavy (non-hydrogen) atoms. The van der Waals surface area contributed by atoms with Crippen molar-refractivity contribution in [2.75, 3.05) is 14.2 Å². The molecule has 0 aromatic heterocycles. The minimum atomic E-state index is -0.612. The third kappa shape index (κ3) is 5.79. The van der Waals surface area contributed by atoms with Crippen LogP contribution in [0.3, 0.4) is 0 Å². The summed E-state index contributed by atoms with van der Waals surface area (Å²) in [6.45, 7) is 0. The average Bonchev–Trinajstić information content (AvgIpc) is 3.15. The van der Waals surface area contributed by atoms with Crippen LogP contribution in [-0.4, -0.2) is 20.2 Å². The number of allylic oxidation sites excluding steroid dienone is 4. The first kappa shape index (κ1) is 22.9. The summed E-state index contributed by atoms with van der Waals surface area (Å²) in [7, 11) is 1.50. The Morgan fingerprint density at radius 2 is 1.52 bits per heavy atom. The van der Waals surface area contributed by atoms with Gasteiger partial charge >= 0.3 is 150 Å². The first-order valence-corrected chi connectivity index (χ1v) is 12.1. The summed E-state index contributed by atoms with van der Waals surface area (Å²) in [6.07, 6.45) is 16.4. The fourth-order valence-electron chi connectivity index (χ4n) is 5.04. The van der Waals surface area contributed by atoms with E-state index in [1.807, 2.05) is 0 Å². The van der Waals surface area contributed by atoms with Gasteiger partial charge in [0.2, 0.25) is 0 Å². The van der Waals surface area contributed by atoms with Crippen LogP contribution in [0, 0.1) is 5.92 Å². The second-order valence-corrected chi connectivity index (χ2v) is 9.56. The Morgan fingerprint density at radius 1 is 0.852 bits per heavy atom. The van der Waals surface area contributed by atoms with Gasteiger partial charge in [-0.15, -0.1) is 0 Å². The van der Waals surface area contributed by atoms with Gasteiger partial charge in [-0.3, -0.25) is 0 Å². The molecule has 0 N–H and O–H groups in total. The molecule has 0 aromatic rings. The molecule has 0 aromatic carbocycles. The number of hydrogen-bond donors (Lipinski definition) is 0. The topological polar surface area (TPSA) is 72.4 Å². The summed E-state index contributed by atoms with van der Waals surface area (Å²) < 4.78 is 6.55. The number of rotatable bonds is 3. The third-order valence-electron chi connectivity index (χ3n) is 6.32.